The van der Waals surface area contributed by atoms with Gasteiger partial charge in [0.25, 0.3) is 5.91 Å². The Morgan fingerprint density at radius 2 is 1.72 bits per heavy atom. The highest BCUT2D eigenvalue weighted by atomic mass is 16.5. The van der Waals surface area contributed by atoms with Gasteiger partial charge in [-0.2, -0.15) is 5.26 Å². The number of esters is 1. The first-order valence-electron chi connectivity index (χ1n) is 8.97. The lowest BCUT2D eigenvalue weighted by atomic mass is 10.1. The Hall–Kier alpha value is -3.79. The third kappa shape index (κ3) is 6.40. The minimum absolute atomic E-state index is 0.210. The Kier molecular flexibility index (Phi) is 7.80. The molecule has 29 heavy (non-hydrogen) atoms. The molecule has 0 aromatic heterocycles. The Balaban J connectivity index is 1.99. The van der Waals surface area contributed by atoms with E-state index in [-0.39, 0.29) is 5.57 Å². The number of nitrogens with zero attached hydrogens (tertiary/aromatic N) is 1. The molecule has 0 unspecified atom stereocenters. The van der Waals surface area contributed by atoms with Gasteiger partial charge in [-0.1, -0.05) is 12.1 Å². The van der Waals surface area contributed by atoms with E-state index in [1.54, 1.807) is 61.7 Å². The van der Waals surface area contributed by atoms with Gasteiger partial charge in [0.2, 0.25) is 0 Å². The summed E-state index contributed by atoms with van der Waals surface area (Å²) in [6.07, 6.45) is 0.313. The molecule has 0 saturated carbocycles. The number of nitrogens with one attached hydrogen (secondary N) is 1. The summed E-state index contributed by atoms with van der Waals surface area (Å²) >= 11 is 0. The van der Waals surface area contributed by atoms with Crippen LogP contribution in [-0.4, -0.2) is 31.7 Å². The van der Waals surface area contributed by atoms with Crippen LogP contribution in [0.2, 0.25) is 0 Å². The van der Waals surface area contributed by atoms with Crippen LogP contribution < -0.4 is 14.8 Å². The van der Waals surface area contributed by atoms with Crippen molar-refractivity contribution in [3.05, 3.63) is 59.7 Å². The van der Waals surface area contributed by atoms with Crippen molar-refractivity contribution in [3.63, 3.8) is 0 Å². The van der Waals surface area contributed by atoms with E-state index in [1.165, 1.54) is 13.0 Å². The molecule has 7 nitrogen and oxygen atoms in total. The zero-order valence-corrected chi connectivity index (χ0v) is 16.5. The van der Waals surface area contributed by atoms with Crippen LogP contribution in [0.15, 0.2) is 54.1 Å². The predicted molar refractivity (Wildman–Crippen MR) is 108 cm³/mol. The molecule has 2 rings (SSSR count). The first-order chi connectivity index (χ1) is 14.0. The van der Waals surface area contributed by atoms with E-state index in [0.29, 0.717) is 29.4 Å². The van der Waals surface area contributed by atoms with Crippen molar-refractivity contribution in [2.75, 3.05) is 19.0 Å². The summed E-state index contributed by atoms with van der Waals surface area (Å²) in [4.78, 5) is 24.5. The van der Waals surface area contributed by atoms with Gasteiger partial charge in [0.1, 0.15) is 23.1 Å². The molecule has 0 aliphatic heterocycles. The molecule has 1 atom stereocenters. The van der Waals surface area contributed by atoms with Crippen molar-refractivity contribution >= 4 is 23.6 Å². The van der Waals surface area contributed by atoms with Crippen LogP contribution in [-0.2, 0) is 14.3 Å². The Morgan fingerprint density at radius 1 is 1.10 bits per heavy atom. The van der Waals surface area contributed by atoms with Crippen LogP contribution in [0, 0.1) is 11.3 Å². The molecule has 2 aromatic carbocycles. The standard InChI is InChI=1S/C22H22N2O5/c1-4-28-20-9-5-16(6-10-20)13-17(14-23)22(26)29-15(2)21(25)24-18-7-11-19(27-3)12-8-18/h5-13,15H,4H2,1-3H3,(H,24,25)/b17-13+/t15-/m0/s1. The maximum absolute atomic E-state index is 12.3. The van der Waals surface area contributed by atoms with E-state index < -0.39 is 18.0 Å². The molecule has 0 saturated heterocycles. The number of ether oxygens (including phenoxy) is 3. The summed E-state index contributed by atoms with van der Waals surface area (Å²) in [5, 5.41) is 11.9. The monoisotopic (exact) mass is 394 g/mol. The number of benzene rings is 2. The topological polar surface area (TPSA) is 97.6 Å². The fourth-order valence-electron chi connectivity index (χ4n) is 2.33. The minimum atomic E-state index is -1.08. The number of hydrogen-bond donors (Lipinski definition) is 1. The lowest BCUT2D eigenvalue weighted by Crippen LogP contribution is -2.30. The van der Waals surface area contributed by atoms with Crippen LogP contribution in [0.1, 0.15) is 19.4 Å². The lowest BCUT2D eigenvalue weighted by molar-refractivity contribution is -0.148. The number of methoxy groups -OCH3 is 1. The summed E-state index contributed by atoms with van der Waals surface area (Å²) < 4.78 is 15.5. The number of nitriles is 1. The zero-order valence-electron chi connectivity index (χ0n) is 16.5. The Morgan fingerprint density at radius 3 is 2.28 bits per heavy atom. The molecule has 7 heteroatoms. The molecular formula is C22H22N2O5. The third-order valence-corrected chi connectivity index (χ3v) is 3.85. The maximum atomic E-state index is 12.3. The van der Waals surface area contributed by atoms with E-state index >= 15 is 0 Å². The van der Waals surface area contributed by atoms with Crippen LogP contribution in [0.5, 0.6) is 11.5 Å². The van der Waals surface area contributed by atoms with Gasteiger partial charge in [0.15, 0.2) is 6.10 Å². The second kappa shape index (κ2) is 10.5. The Labute approximate surface area is 169 Å². The fraction of sp³-hybridized carbons (Fsp3) is 0.227. The van der Waals surface area contributed by atoms with Gasteiger partial charge in [-0.25, -0.2) is 4.79 Å². The molecule has 150 valence electrons. The van der Waals surface area contributed by atoms with Crippen LogP contribution in [0.25, 0.3) is 6.08 Å². The van der Waals surface area contributed by atoms with Crippen LogP contribution >= 0.6 is 0 Å². The molecule has 0 aliphatic carbocycles. The number of hydrogen-bond acceptors (Lipinski definition) is 6. The minimum Gasteiger partial charge on any atom is -0.497 e. The largest absolute Gasteiger partial charge is 0.497 e. The summed E-state index contributed by atoms with van der Waals surface area (Å²) in [6, 6.07) is 15.4. The maximum Gasteiger partial charge on any atom is 0.349 e. The molecule has 0 fully saturated rings. The van der Waals surface area contributed by atoms with E-state index in [1.807, 2.05) is 6.92 Å². The molecule has 2 aromatic rings. The number of anilines is 1. The van der Waals surface area contributed by atoms with Crippen molar-refractivity contribution in [2.24, 2.45) is 0 Å². The first-order valence-corrected chi connectivity index (χ1v) is 8.97. The number of carbonyl (C=O) groups is 2. The zero-order chi connectivity index (χ0) is 21.2. The quantitative estimate of drug-likeness (QED) is 0.418. The van der Waals surface area contributed by atoms with Gasteiger partial charge in [-0.15, -0.1) is 0 Å². The van der Waals surface area contributed by atoms with Crippen molar-refractivity contribution in [1.82, 2.24) is 0 Å². The molecule has 1 N–H and O–H groups in total. The van der Waals surface area contributed by atoms with Gasteiger partial charge >= 0.3 is 5.97 Å². The van der Waals surface area contributed by atoms with Crippen molar-refractivity contribution in [1.29, 1.82) is 5.26 Å². The molecule has 0 bridgehead atoms. The molecule has 1 amide bonds. The van der Waals surface area contributed by atoms with Gasteiger partial charge < -0.3 is 19.5 Å². The van der Waals surface area contributed by atoms with Gasteiger partial charge in [-0.3, -0.25) is 4.79 Å². The SMILES string of the molecule is CCOc1ccc(/C=C(\C#N)C(=O)O[C@@H](C)C(=O)Nc2ccc(OC)cc2)cc1. The van der Waals surface area contributed by atoms with Crippen molar-refractivity contribution in [3.8, 4) is 17.6 Å². The second-order valence-electron chi connectivity index (χ2n) is 5.94. The Bertz CT molecular complexity index is 912. The fourth-order valence-corrected chi connectivity index (χ4v) is 2.33. The highest BCUT2D eigenvalue weighted by molar-refractivity contribution is 6.01. The molecule has 0 radical (unpaired) electrons. The van der Waals surface area contributed by atoms with Gasteiger partial charge in [-0.05, 0) is 61.9 Å². The number of rotatable bonds is 8. The normalized spacial score (nSPS) is 11.7. The average molecular weight is 394 g/mol. The van der Waals surface area contributed by atoms with Crippen molar-refractivity contribution in [2.45, 2.75) is 20.0 Å². The summed E-state index contributed by atoms with van der Waals surface area (Å²) in [5.74, 6) is -0.0456. The van der Waals surface area contributed by atoms with Gasteiger partial charge in [0, 0.05) is 5.69 Å². The van der Waals surface area contributed by atoms with E-state index in [0.717, 1.165) is 0 Å². The molecule has 0 spiro atoms. The number of amides is 1. The first kappa shape index (κ1) is 21.5. The van der Waals surface area contributed by atoms with E-state index in [9.17, 15) is 14.9 Å². The molecule has 0 aliphatic rings. The second-order valence-corrected chi connectivity index (χ2v) is 5.94. The smallest absolute Gasteiger partial charge is 0.349 e. The lowest BCUT2D eigenvalue weighted by Gasteiger charge is -2.13. The van der Waals surface area contributed by atoms with E-state index in [4.69, 9.17) is 14.2 Å². The van der Waals surface area contributed by atoms with Crippen LogP contribution in [0.4, 0.5) is 5.69 Å². The third-order valence-electron chi connectivity index (χ3n) is 3.85. The predicted octanol–water partition coefficient (Wildman–Crippen LogP) is 3.57. The van der Waals surface area contributed by atoms with Gasteiger partial charge in [0.05, 0.1) is 13.7 Å². The summed E-state index contributed by atoms with van der Waals surface area (Å²) in [6.45, 7) is 3.85. The average Bonchev–Trinajstić information content (AvgIpc) is 2.73. The van der Waals surface area contributed by atoms with Crippen molar-refractivity contribution < 1.29 is 23.8 Å². The highest BCUT2D eigenvalue weighted by Crippen LogP contribution is 2.17. The summed E-state index contributed by atoms with van der Waals surface area (Å²) in [7, 11) is 1.54. The summed E-state index contributed by atoms with van der Waals surface area (Å²) in [5.41, 5.74) is 0.958. The number of carbonyl (C=O) groups excluding carboxylic acids is 2. The molecular weight excluding hydrogens is 372 g/mol. The molecule has 0 heterocycles. The highest BCUT2D eigenvalue weighted by Gasteiger charge is 2.20. The van der Waals surface area contributed by atoms with E-state index in [2.05, 4.69) is 5.32 Å². The van der Waals surface area contributed by atoms with Crippen LogP contribution in [0.3, 0.4) is 0 Å².